The van der Waals surface area contributed by atoms with Crippen molar-refractivity contribution in [1.82, 2.24) is 9.66 Å². The van der Waals surface area contributed by atoms with Crippen LogP contribution in [-0.2, 0) is 0 Å². The van der Waals surface area contributed by atoms with Gasteiger partial charge in [0.05, 0.1) is 12.1 Å². The number of fused-ring (bicyclic) bond motifs is 1. The number of benzene rings is 1. The predicted octanol–water partition coefficient (Wildman–Crippen LogP) is 3.49. The molecule has 0 fully saturated rings. The molecular formula is C16H15N3. The topological polar surface area (TPSA) is 21.1 Å². The first-order chi connectivity index (χ1) is 9.40. The quantitative estimate of drug-likeness (QED) is 0.660. The summed E-state index contributed by atoms with van der Waals surface area (Å²) >= 11 is 0. The van der Waals surface area contributed by atoms with Gasteiger partial charge in [0.25, 0.3) is 0 Å². The minimum absolute atomic E-state index is 0.704. The number of anilines is 1. The van der Waals surface area contributed by atoms with E-state index in [0.717, 1.165) is 11.3 Å². The van der Waals surface area contributed by atoms with E-state index in [0.29, 0.717) is 6.54 Å². The van der Waals surface area contributed by atoms with Crippen molar-refractivity contribution in [2.75, 3.05) is 11.6 Å². The highest BCUT2D eigenvalue weighted by Crippen LogP contribution is 2.19. The summed E-state index contributed by atoms with van der Waals surface area (Å²) in [5, 5.41) is 3.31. The molecule has 0 saturated carbocycles. The highest BCUT2D eigenvalue weighted by atomic mass is 15.6. The lowest BCUT2D eigenvalue weighted by Crippen LogP contribution is -2.29. The van der Waals surface area contributed by atoms with Crippen molar-refractivity contribution >= 4 is 16.7 Å². The number of para-hydroxylation sites is 1. The van der Waals surface area contributed by atoms with E-state index in [1.54, 1.807) is 6.20 Å². The summed E-state index contributed by atoms with van der Waals surface area (Å²) in [6, 6.07) is 16.3. The van der Waals surface area contributed by atoms with E-state index >= 15 is 0 Å². The summed E-state index contributed by atoms with van der Waals surface area (Å²) in [5.74, 6) is 0.906. The number of pyridine rings is 1. The van der Waals surface area contributed by atoms with Crippen LogP contribution in [0, 0.1) is 0 Å². The Labute approximate surface area is 112 Å². The van der Waals surface area contributed by atoms with Gasteiger partial charge in [0.2, 0.25) is 0 Å². The minimum atomic E-state index is 0.704. The molecule has 0 N–H and O–H groups in total. The van der Waals surface area contributed by atoms with Gasteiger partial charge in [-0.25, -0.2) is 4.98 Å². The van der Waals surface area contributed by atoms with E-state index in [1.165, 1.54) is 5.39 Å². The second-order valence-electron chi connectivity index (χ2n) is 4.28. The Balaban J connectivity index is 2.12. The van der Waals surface area contributed by atoms with Gasteiger partial charge in [0.1, 0.15) is 5.82 Å². The second kappa shape index (κ2) is 4.98. The van der Waals surface area contributed by atoms with Crippen molar-refractivity contribution in [2.45, 2.75) is 0 Å². The van der Waals surface area contributed by atoms with Gasteiger partial charge in [-0.05, 0) is 24.3 Å². The zero-order chi connectivity index (χ0) is 13.1. The largest absolute Gasteiger partial charge is 0.260 e. The molecule has 94 valence electrons. The Morgan fingerprint density at radius 1 is 1.11 bits per heavy atom. The van der Waals surface area contributed by atoms with E-state index in [4.69, 9.17) is 0 Å². The molecule has 3 heteroatoms. The predicted molar refractivity (Wildman–Crippen MR) is 79.1 cm³/mol. The first-order valence-corrected chi connectivity index (χ1v) is 6.26. The van der Waals surface area contributed by atoms with Crippen LogP contribution >= 0.6 is 0 Å². The van der Waals surface area contributed by atoms with Crippen LogP contribution in [0.1, 0.15) is 0 Å². The second-order valence-corrected chi connectivity index (χ2v) is 4.28. The molecule has 0 spiro atoms. The van der Waals surface area contributed by atoms with E-state index in [1.807, 2.05) is 36.4 Å². The van der Waals surface area contributed by atoms with Crippen LogP contribution in [0.3, 0.4) is 0 Å². The summed E-state index contributed by atoms with van der Waals surface area (Å²) in [7, 11) is 0. The van der Waals surface area contributed by atoms with Crippen LogP contribution in [-0.4, -0.2) is 16.2 Å². The van der Waals surface area contributed by atoms with Gasteiger partial charge in [-0.1, -0.05) is 30.3 Å². The molecule has 2 aromatic heterocycles. The molecule has 3 rings (SSSR count). The molecule has 0 bridgehead atoms. The summed E-state index contributed by atoms with van der Waals surface area (Å²) in [6.07, 6.45) is 5.74. The highest BCUT2D eigenvalue weighted by Gasteiger charge is 2.10. The molecule has 1 aromatic carbocycles. The molecule has 19 heavy (non-hydrogen) atoms. The van der Waals surface area contributed by atoms with Crippen LogP contribution < -0.4 is 5.01 Å². The smallest absolute Gasteiger partial charge is 0.147 e. The zero-order valence-electron chi connectivity index (χ0n) is 10.6. The molecule has 3 nitrogen and oxygen atoms in total. The van der Waals surface area contributed by atoms with Crippen molar-refractivity contribution in [3.05, 3.63) is 73.6 Å². The number of nitrogens with zero attached hydrogens (tertiary/aromatic N) is 3. The summed E-state index contributed by atoms with van der Waals surface area (Å²) in [6.45, 7) is 4.54. The lowest BCUT2D eigenvalue weighted by Gasteiger charge is -2.24. The Bertz CT molecular complexity index is 685. The van der Waals surface area contributed by atoms with Crippen molar-refractivity contribution in [3.8, 4) is 0 Å². The Morgan fingerprint density at radius 2 is 1.95 bits per heavy atom. The molecule has 0 saturated heterocycles. The molecule has 0 aliphatic rings. The van der Waals surface area contributed by atoms with Gasteiger partial charge in [0, 0.05) is 17.8 Å². The molecule has 0 unspecified atom stereocenters. The Kier molecular flexibility index (Phi) is 3.02. The fourth-order valence-electron chi connectivity index (χ4n) is 2.20. The lowest BCUT2D eigenvalue weighted by atomic mass is 10.2. The standard InChI is InChI=1S/C16H15N3/c1-2-12-19(16-9-5-6-11-17-16)18-13-10-14-7-3-4-8-15(14)18/h2-11,13H,1,12H2. The average molecular weight is 249 g/mol. The van der Waals surface area contributed by atoms with Gasteiger partial charge in [-0.3, -0.25) is 9.69 Å². The maximum atomic E-state index is 4.42. The zero-order valence-corrected chi connectivity index (χ0v) is 10.6. The third-order valence-corrected chi connectivity index (χ3v) is 3.05. The van der Waals surface area contributed by atoms with Crippen LogP contribution in [0.25, 0.3) is 10.9 Å². The summed E-state index contributed by atoms with van der Waals surface area (Å²) in [4.78, 5) is 4.42. The van der Waals surface area contributed by atoms with Gasteiger partial charge in [-0.15, -0.1) is 6.58 Å². The first kappa shape index (κ1) is 11.5. The maximum Gasteiger partial charge on any atom is 0.147 e. The fraction of sp³-hybridized carbons (Fsp3) is 0.0625. The average Bonchev–Trinajstić information content (AvgIpc) is 2.89. The number of hydrogen-bond acceptors (Lipinski definition) is 2. The Morgan fingerprint density at radius 3 is 2.74 bits per heavy atom. The lowest BCUT2D eigenvalue weighted by molar-refractivity contribution is 0.751. The molecular weight excluding hydrogens is 234 g/mol. The van der Waals surface area contributed by atoms with Gasteiger partial charge in [-0.2, -0.15) is 0 Å². The number of aromatic nitrogens is 2. The maximum absolute atomic E-state index is 4.42. The molecule has 3 aromatic rings. The van der Waals surface area contributed by atoms with Crippen LogP contribution in [0.4, 0.5) is 5.82 Å². The third kappa shape index (κ3) is 2.10. The normalized spacial score (nSPS) is 10.5. The van der Waals surface area contributed by atoms with Gasteiger partial charge in [0.15, 0.2) is 0 Å². The van der Waals surface area contributed by atoms with E-state index in [-0.39, 0.29) is 0 Å². The van der Waals surface area contributed by atoms with Crippen molar-refractivity contribution < 1.29 is 0 Å². The molecule has 0 aliphatic heterocycles. The number of hydrogen-bond donors (Lipinski definition) is 0. The van der Waals surface area contributed by atoms with Crippen molar-refractivity contribution in [1.29, 1.82) is 0 Å². The van der Waals surface area contributed by atoms with Crippen LogP contribution in [0.2, 0.25) is 0 Å². The first-order valence-electron chi connectivity index (χ1n) is 6.26. The molecule has 0 atom stereocenters. The van der Waals surface area contributed by atoms with E-state index < -0.39 is 0 Å². The van der Waals surface area contributed by atoms with Crippen LogP contribution in [0.15, 0.2) is 73.6 Å². The van der Waals surface area contributed by atoms with E-state index in [2.05, 4.69) is 45.6 Å². The summed E-state index contributed by atoms with van der Waals surface area (Å²) < 4.78 is 2.11. The Hall–Kier alpha value is -2.55. The van der Waals surface area contributed by atoms with Gasteiger partial charge >= 0.3 is 0 Å². The highest BCUT2D eigenvalue weighted by molar-refractivity contribution is 5.80. The summed E-state index contributed by atoms with van der Waals surface area (Å²) in [5.41, 5.74) is 1.16. The SMILES string of the molecule is C=CCN(c1ccccn1)n1ccc2ccccc21. The third-order valence-electron chi connectivity index (χ3n) is 3.05. The molecule has 0 radical (unpaired) electrons. The van der Waals surface area contributed by atoms with Crippen molar-refractivity contribution in [3.63, 3.8) is 0 Å². The minimum Gasteiger partial charge on any atom is -0.260 e. The van der Waals surface area contributed by atoms with Crippen molar-refractivity contribution in [2.24, 2.45) is 0 Å². The van der Waals surface area contributed by atoms with Gasteiger partial charge < -0.3 is 0 Å². The fourth-order valence-corrected chi connectivity index (χ4v) is 2.20. The molecule has 2 heterocycles. The molecule has 0 amide bonds. The van der Waals surface area contributed by atoms with Crippen LogP contribution in [0.5, 0.6) is 0 Å². The molecule has 0 aliphatic carbocycles. The monoisotopic (exact) mass is 249 g/mol. The van der Waals surface area contributed by atoms with E-state index in [9.17, 15) is 0 Å². The number of rotatable bonds is 4.